The molecule has 0 spiro atoms. The molecule has 1 aromatic rings. The summed E-state index contributed by atoms with van der Waals surface area (Å²) in [4.78, 5) is 10.9. The number of esters is 1. The van der Waals surface area contributed by atoms with Gasteiger partial charge in [0.1, 0.15) is 5.82 Å². The predicted molar refractivity (Wildman–Crippen MR) is 54.2 cm³/mol. The fourth-order valence-electron chi connectivity index (χ4n) is 0.984. The van der Waals surface area contributed by atoms with Gasteiger partial charge in [0.2, 0.25) is 0 Å². The highest BCUT2D eigenvalue weighted by atomic mass is 79.9. The Hall–Kier alpha value is -1.10. The quantitative estimate of drug-likeness (QED) is 0.654. The zero-order valence-electron chi connectivity index (χ0n) is 7.51. The van der Waals surface area contributed by atoms with Gasteiger partial charge in [-0.3, -0.25) is 4.79 Å². The molecule has 0 atom stereocenters. The summed E-state index contributed by atoms with van der Waals surface area (Å²) in [7, 11) is 1.29. The summed E-state index contributed by atoms with van der Waals surface area (Å²) in [5.74, 6) is -0.855. The molecule has 0 aliphatic heterocycles. The van der Waals surface area contributed by atoms with Gasteiger partial charge >= 0.3 is 5.97 Å². The van der Waals surface area contributed by atoms with Gasteiger partial charge in [-0.05, 0) is 33.6 Å². The van der Waals surface area contributed by atoms with Crippen LogP contribution in [-0.4, -0.2) is 13.1 Å². The zero-order chi connectivity index (χ0) is 10.7. The maximum Gasteiger partial charge on any atom is 0.310 e. The van der Waals surface area contributed by atoms with Crippen LogP contribution < -0.4 is 5.73 Å². The normalized spacial score (nSPS) is 9.93. The molecule has 76 valence electrons. The topological polar surface area (TPSA) is 52.3 Å². The van der Waals surface area contributed by atoms with Gasteiger partial charge < -0.3 is 10.5 Å². The molecule has 0 radical (unpaired) electrons. The highest BCUT2D eigenvalue weighted by Crippen LogP contribution is 2.22. The summed E-state index contributed by atoms with van der Waals surface area (Å²) in [6, 6.07) is 2.64. The van der Waals surface area contributed by atoms with E-state index in [9.17, 15) is 9.18 Å². The number of ether oxygens (including phenoxy) is 1. The largest absolute Gasteiger partial charge is 0.469 e. The Labute approximate surface area is 89.2 Å². The van der Waals surface area contributed by atoms with Crippen LogP contribution in [0.2, 0.25) is 0 Å². The Bertz CT molecular complexity index is 368. The second-order valence-corrected chi connectivity index (χ2v) is 3.57. The highest BCUT2D eigenvalue weighted by molar-refractivity contribution is 9.10. The molecule has 0 saturated carbocycles. The number of halogens is 2. The van der Waals surface area contributed by atoms with Crippen LogP contribution in [0, 0.1) is 5.82 Å². The van der Waals surface area contributed by atoms with E-state index >= 15 is 0 Å². The summed E-state index contributed by atoms with van der Waals surface area (Å²) >= 11 is 3.01. The number of carbonyl (C=O) groups is 1. The second kappa shape index (κ2) is 4.41. The Morgan fingerprint density at radius 1 is 1.64 bits per heavy atom. The predicted octanol–water partition coefficient (Wildman–Crippen LogP) is 1.89. The first-order valence-corrected chi connectivity index (χ1v) is 4.64. The Balaban J connectivity index is 2.98. The van der Waals surface area contributed by atoms with Gasteiger partial charge in [-0.2, -0.15) is 0 Å². The van der Waals surface area contributed by atoms with Crippen molar-refractivity contribution in [3.8, 4) is 0 Å². The number of hydrogen-bond donors (Lipinski definition) is 1. The summed E-state index contributed by atoms with van der Waals surface area (Å²) in [5, 5.41) is 0. The van der Waals surface area contributed by atoms with E-state index in [0.29, 0.717) is 5.56 Å². The van der Waals surface area contributed by atoms with Crippen LogP contribution in [0.1, 0.15) is 5.56 Å². The Morgan fingerprint density at radius 3 is 2.86 bits per heavy atom. The van der Waals surface area contributed by atoms with Gasteiger partial charge in [0.25, 0.3) is 0 Å². The third-order valence-corrected chi connectivity index (χ3v) is 2.35. The number of nitrogens with two attached hydrogens (primary N) is 1. The van der Waals surface area contributed by atoms with Crippen molar-refractivity contribution in [1.82, 2.24) is 0 Å². The highest BCUT2D eigenvalue weighted by Gasteiger charge is 2.09. The minimum absolute atomic E-state index is 0.0429. The first-order chi connectivity index (χ1) is 6.54. The smallest absolute Gasteiger partial charge is 0.310 e. The van der Waals surface area contributed by atoms with E-state index in [1.807, 2.05) is 0 Å². The van der Waals surface area contributed by atoms with Crippen LogP contribution in [0.15, 0.2) is 16.6 Å². The summed E-state index contributed by atoms with van der Waals surface area (Å²) in [5.41, 5.74) is 6.32. The number of methoxy groups -OCH3 is 1. The average molecular weight is 262 g/mol. The minimum Gasteiger partial charge on any atom is -0.469 e. The lowest BCUT2D eigenvalue weighted by molar-refractivity contribution is -0.139. The Kier molecular flexibility index (Phi) is 3.46. The van der Waals surface area contributed by atoms with Crippen LogP contribution in [0.25, 0.3) is 0 Å². The van der Waals surface area contributed by atoms with E-state index in [-0.39, 0.29) is 16.6 Å². The van der Waals surface area contributed by atoms with Crippen molar-refractivity contribution in [2.45, 2.75) is 6.42 Å². The molecular formula is C9H9BrFNO2. The molecular weight excluding hydrogens is 253 g/mol. The summed E-state index contributed by atoms with van der Waals surface area (Å²) in [6.45, 7) is 0. The van der Waals surface area contributed by atoms with Crippen molar-refractivity contribution in [3.05, 3.63) is 28.0 Å². The van der Waals surface area contributed by atoms with Crippen molar-refractivity contribution in [1.29, 1.82) is 0 Å². The van der Waals surface area contributed by atoms with Crippen molar-refractivity contribution in [2.24, 2.45) is 0 Å². The molecule has 1 rings (SSSR count). The molecule has 0 fully saturated rings. The molecule has 0 aliphatic carbocycles. The third-order valence-electron chi connectivity index (χ3n) is 1.74. The molecule has 1 aromatic carbocycles. The fraction of sp³-hybridized carbons (Fsp3) is 0.222. The van der Waals surface area contributed by atoms with E-state index < -0.39 is 11.8 Å². The number of hydrogen-bond acceptors (Lipinski definition) is 3. The van der Waals surface area contributed by atoms with Gasteiger partial charge in [-0.1, -0.05) is 0 Å². The lowest BCUT2D eigenvalue weighted by Crippen LogP contribution is -2.07. The molecule has 0 saturated heterocycles. The molecule has 5 heteroatoms. The fourth-order valence-corrected chi connectivity index (χ4v) is 1.37. The van der Waals surface area contributed by atoms with Crippen molar-refractivity contribution in [3.63, 3.8) is 0 Å². The van der Waals surface area contributed by atoms with E-state index in [1.54, 1.807) is 0 Å². The van der Waals surface area contributed by atoms with Crippen LogP contribution in [-0.2, 0) is 16.0 Å². The first-order valence-electron chi connectivity index (χ1n) is 3.84. The number of anilines is 1. The molecule has 0 bridgehead atoms. The van der Waals surface area contributed by atoms with Crippen LogP contribution in [0.4, 0.5) is 10.1 Å². The lowest BCUT2D eigenvalue weighted by atomic mass is 10.1. The third kappa shape index (κ3) is 2.45. The van der Waals surface area contributed by atoms with E-state index in [1.165, 1.54) is 19.2 Å². The first kappa shape index (κ1) is 11.0. The standard InChI is InChI=1S/C9H9BrFNO2/c1-14-9(13)3-5-2-6(10)7(11)4-8(5)12/h2,4H,3,12H2,1H3. The second-order valence-electron chi connectivity index (χ2n) is 2.72. The molecule has 0 amide bonds. The van der Waals surface area contributed by atoms with Gasteiger partial charge in [-0.25, -0.2) is 4.39 Å². The average Bonchev–Trinajstić information content (AvgIpc) is 2.14. The molecule has 0 heterocycles. The maximum absolute atomic E-state index is 12.9. The Morgan fingerprint density at radius 2 is 2.29 bits per heavy atom. The molecule has 0 unspecified atom stereocenters. The lowest BCUT2D eigenvalue weighted by Gasteiger charge is -2.05. The molecule has 3 nitrogen and oxygen atoms in total. The van der Waals surface area contributed by atoms with E-state index in [4.69, 9.17) is 5.73 Å². The SMILES string of the molecule is COC(=O)Cc1cc(Br)c(F)cc1N. The number of benzene rings is 1. The van der Waals surface area contributed by atoms with E-state index in [0.717, 1.165) is 0 Å². The summed E-state index contributed by atoms with van der Waals surface area (Å²) < 4.78 is 17.7. The number of carbonyl (C=O) groups excluding carboxylic acids is 1. The monoisotopic (exact) mass is 261 g/mol. The molecule has 2 N–H and O–H groups in total. The van der Waals surface area contributed by atoms with Crippen molar-refractivity contribution < 1.29 is 13.9 Å². The van der Waals surface area contributed by atoms with Crippen LogP contribution >= 0.6 is 15.9 Å². The van der Waals surface area contributed by atoms with Crippen molar-refractivity contribution in [2.75, 3.05) is 12.8 Å². The van der Waals surface area contributed by atoms with Crippen LogP contribution in [0.3, 0.4) is 0 Å². The van der Waals surface area contributed by atoms with Gasteiger partial charge in [0.05, 0.1) is 18.0 Å². The minimum atomic E-state index is -0.448. The van der Waals surface area contributed by atoms with Gasteiger partial charge in [0, 0.05) is 5.69 Å². The van der Waals surface area contributed by atoms with E-state index in [2.05, 4.69) is 20.7 Å². The van der Waals surface area contributed by atoms with Crippen LogP contribution in [0.5, 0.6) is 0 Å². The van der Waals surface area contributed by atoms with Crippen molar-refractivity contribution >= 4 is 27.6 Å². The molecule has 0 aliphatic rings. The van der Waals surface area contributed by atoms with Gasteiger partial charge in [0.15, 0.2) is 0 Å². The maximum atomic E-state index is 12.9. The zero-order valence-corrected chi connectivity index (χ0v) is 9.10. The number of nitrogen functional groups attached to an aromatic ring is 1. The number of rotatable bonds is 2. The molecule has 14 heavy (non-hydrogen) atoms. The van der Waals surface area contributed by atoms with Gasteiger partial charge in [-0.15, -0.1) is 0 Å². The summed E-state index contributed by atoms with van der Waals surface area (Å²) in [6.07, 6.45) is 0.0429. The molecule has 0 aromatic heterocycles.